The Morgan fingerprint density at radius 2 is 1.90 bits per heavy atom. The highest BCUT2D eigenvalue weighted by Crippen LogP contribution is 2.19. The van der Waals surface area contributed by atoms with Gasteiger partial charge in [0.15, 0.2) is 5.96 Å². The van der Waals surface area contributed by atoms with Crippen LogP contribution in [-0.2, 0) is 6.54 Å². The van der Waals surface area contributed by atoms with Crippen LogP contribution < -0.4 is 10.6 Å². The van der Waals surface area contributed by atoms with Gasteiger partial charge < -0.3 is 10.6 Å². The monoisotopic (exact) mass is 510 g/mol. The van der Waals surface area contributed by atoms with Crippen molar-refractivity contribution in [1.82, 2.24) is 25.3 Å². The van der Waals surface area contributed by atoms with Gasteiger partial charge in [-0.05, 0) is 45.7 Å². The van der Waals surface area contributed by atoms with E-state index in [-0.39, 0.29) is 24.0 Å². The number of halogens is 1. The van der Waals surface area contributed by atoms with Crippen LogP contribution in [0.15, 0.2) is 35.3 Å². The second kappa shape index (κ2) is 10.4. The molecule has 1 aliphatic rings. The second-order valence-electron chi connectivity index (χ2n) is 8.10. The maximum atomic E-state index is 4.74. The summed E-state index contributed by atoms with van der Waals surface area (Å²) in [6, 6.07) is 11.3. The minimum absolute atomic E-state index is 0. The number of hydrogen-bond acceptors (Lipinski definition) is 3. The average molecular weight is 510 g/mol. The van der Waals surface area contributed by atoms with Crippen molar-refractivity contribution >= 4 is 29.9 Å². The Labute approximate surface area is 192 Å². The highest BCUT2D eigenvalue weighted by atomic mass is 127. The molecule has 29 heavy (non-hydrogen) atoms. The maximum Gasteiger partial charge on any atom is 0.191 e. The van der Waals surface area contributed by atoms with Crippen LogP contribution in [-0.4, -0.2) is 52.9 Å². The molecule has 2 aromatic rings. The molecule has 0 bridgehead atoms. The van der Waals surface area contributed by atoms with E-state index in [1.807, 2.05) is 29.9 Å². The van der Waals surface area contributed by atoms with Crippen LogP contribution in [0.1, 0.15) is 37.7 Å². The van der Waals surface area contributed by atoms with Crippen molar-refractivity contribution < 1.29 is 0 Å². The Hall–Kier alpha value is -1.61. The third-order valence-electron chi connectivity index (χ3n) is 5.79. The molecule has 160 valence electrons. The van der Waals surface area contributed by atoms with Crippen LogP contribution in [0, 0.1) is 19.8 Å². The number of guanidine groups is 1. The predicted molar refractivity (Wildman–Crippen MR) is 131 cm³/mol. The fraction of sp³-hybridized carbons (Fsp3) is 0.545. The Balaban J connectivity index is 0.00000300. The largest absolute Gasteiger partial charge is 0.352 e. The number of aliphatic imine (C=N–C) groups is 1. The third-order valence-corrected chi connectivity index (χ3v) is 5.79. The summed E-state index contributed by atoms with van der Waals surface area (Å²) < 4.78 is 2.02. The van der Waals surface area contributed by atoms with Crippen LogP contribution in [0.3, 0.4) is 0 Å². The Kier molecular flexibility index (Phi) is 8.51. The summed E-state index contributed by atoms with van der Waals surface area (Å²) in [4.78, 5) is 6.97. The number of aromatic nitrogens is 2. The maximum absolute atomic E-state index is 4.74. The summed E-state index contributed by atoms with van der Waals surface area (Å²) in [6.07, 6.45) is 0. The molecule has 2 atom stereocenters. The smallest absolute Gasteiger partial charge is 0.191 e. The van der Waals surface area contributed by atoms with Crippen LogP contribution in [0.4, 0.5) is 0 Å². The molecule has 0 saturated carbocycles. The first kappa shape index (κ1) is 23.7. The first-order chi connectivity index (χ1) is 13.4. The van der Waals surface area contributed by atoms with E-state index in [1.54, 1.807) is 0 Å². The molecule has 3 rings (SSSR count). The molecule has 1 aliphatic heterocycles. The van der Waals surface area contributed by atoms with Gasteiger partial charge in [0.2, 0.25) is 0 Å². The molecule has 0 radical (unpaired) electrons. The molecule has 1 aromatic heterocycles. The number of hydrogen-bond donors (Lipinski definition) is 2. The molecule has 1 fully saturated rings. The van der Waals surface area contributed by atoms with Gasteiger partial charge in [0.05, 0.1) is 11.4 Å². The molecule has 1 saturated heterocycles. The van der Waals surface area contributed by atoms with E-state index < -0.39 is 0 Å². The molecule has 1 aromatic carbocycles. The van der Waals surface area contributed by atoms with Crippen LogP contribution in [0.25, 0.3) is 5.69 Å². The summed E-state index contributed by atoms with van der Waals surface area (Å²) in [5.74, 6) is 1.46. The van der Waals surface area contributed by atoms with E-state index >= 15 is 0 Å². The van der Waals surface area contributed by atoms with Gasteiger partial charge in [-0.25, -0.2) is 4.68 Å². The van der Waals surface area contributed by atoms with E-state index in [2.05, 4.69) is 67.3 Å². The normalized spacial score (nSPS) is 20.0. The summed E-state index contributed by atoms with van der Waals surface area (Å²) >= 11 is 0. The molecule has 2 unspecified atom stereocenters. The Morgan fingerprint density at radius 3 is 2.48 bits per heavy atom. The molecule has 2 N–H and O–H groups in total. The van der Waals surface area contributed by atoms with Crippen molar-refractivity contribution in [3.63, 3.8) is 0 Å². The number of likely N-dealkylation sites (tertiary alicyclic amines) is 1. The minimum atomic E-state index is 0. The fourth-order valence-corrected chi connectivity index (χ4v) is 3.91. The number of rotatable bonds is 5. The summed E-state index contributed by atoms with van der Waals surface area (Å²) in [7, 11) is 1.84. The van der Waals surface area contributed by atoms with Crippen molar-refractivity contribution in [2.24, 2.45) is 10.9 Å². The molecular weight excluding hydrogens is 475 g/mol. The van der Waals surface area contributed by atoms with Gasteiger partial charge in [-0.15, -0.1) is 24.0 Å². The third kappa shape index (κ3) is 5.51. The van der Waals surface area contributed by atoms with E-state index in [0.29, 0.717) is 24.5 Å². The zero-order chi connectivity index (χ0) is 20.3. The molecule has 7 heteroatoms. The topological polar surface area (TPSA) is 57.5 Å². The van der Waals surface area contributed by atoms with E-state index in [4.69, 9.17) is 5.10 Å². The summed E-state index contributed by atoms with van der Waals surface area (Å²) in [6.45, 7) is 13.9. The van der Waals surface area contributed by atoms with E-state index in [9.17, 15) is 0 Å². The van der Waals surface area contributed by atoms with Gasteiger partial charge in [-0.1, -0.05) is 25.1 Å². The van der Waals surface area contributed by atoms with Crippen LogP contribution in [0.5, 0.6) is 0 Å². The zero-order valence-electron chi connectivity index (χ0n) is 18.4. The molecule has 0 spiro atoms. The molecule has 2 heterocycles. The highest BCUT2D eigenvalue weighted by molar-refractivity contribution is 14.0. The van der Waals surface area contributed by atoms with Gasteiger partial charge in [-0.2, -0.15) is 5.10 Å². The van der Waals surface area contributed by atoms with Crippen molar-refractivity contribution in [1.29, 1.82) is 0 Å². The van der Waals surface area contributed by atoms with Crippen molar-refractivity contribution in [3.05, 3.63) is 47.3 Å². The lowest BCUT2D eigenvalue weighted by molar-refractivity contribution is 0.265. The van der Waals surface area contributed by atoms with Gasteiger partial charge in [0.1, 0.15) is 0 Å². The lowest BCUT2D eigenvalue weighted by Gasteiger charge is -2.22. The van der Waals surface area contributed by atoms with E-state index in [1.165, 1.54) is 5.56 Å². The second-order valence-corrected chi connectivity index (χ2v) is 8.10. The Bertz CT molecular complexity index is 814. The highest BCUT2D eigenvalue weighted by Gasteiger charge is 2.31. The molecule has 6 nitrogen and oxygen atoms in total. The van der Waals surface area contributed by atoms with E-state index in [0.717, 1.165) is 36.1 Å². The Morgan fingerprint density at radius 1 is 1.21 bits per heavy atom. The lowest BCUT2D eigenvalue weighted by Crippen LogP contribution is -2.46. The first-order valence-corrected chi connectivity index (χ1v) is 10.2. The number of nitrogens with one attached hydrogen (secondary N) is 2. The number of benzene rings is 1. The molecule has 0 aliphatic carbocycles. The average Bonchev–Trinajstić information content (AvgIpc) is 3.19. The lowest BCUT2D eigenvalue weighted by atomic mass is 10.1. The molecule has 0 amide bonds. The fourth-order valence-electron chi connectivity index (χ4n) is 3.91. The number of para-hydroxylation sites is 1. The number of aryl methyl sites for hydroxylation is 1. The predicted octanol–water partition coefficient (Wildman–Crippen LogP) is 3.50. The van der Waals surface area contributed by atoms with Crippen molar-refractivity contribution in [3.8, 4) is 5.69 Å². The summed E-state index contributed by atoms with van der Waals surface area (Å²) in [5, 5.41) is 11.8. The van der Waals surface area contributed by atoms with Gasteiger partial charge in [0, 0.05) is 50.0 Å². The minimum Gasteiger partial charge on any atom is -0.352 e. The van der Waals surface area contributed by atoms with Crippen molar-refractivity contribution in [2.75, 3.05) is 20.1 Å². The first-order valence-electron chi connectivity index (χ1n) is 10.2. The standard InChI is InChI=1S/C22H34N6.HI/c1-15(2)27-13-16(3)21(14-27)25-22(23-6)24-12-20-17(4)26-28(18(20)5)19-10-8-7-9-11-19;/h7-11,15-16,21H,12-14H2,1-6H3,(H2,23,24,25);1H. The van der Waals surface area contributed by atoms with Gasteiger partial charge in [-0.3, -0.25) is 9.89 Å². The van der Waals surface area contributed by atoms with Gasteiger partial charge in [0.25, 0.3) is 0 Å². The quantitative estimate of drug-likeness (QED) is 0.368. The molecular formula is C22H35IN6. The SMILES string of the molecule is CN=C(NCc1c(C)nn(-c2ccccc2)c1C)NC1CN(C(C)C)CC1C.I. The van der Waals surface area contributed by atoms with Gasteiger partial charge >= 0.3 is 0 Å². The summed E-state index contributed by atoms with van der Waals surface area (Å²) in [5.41, 5.74) is 4.51. The van der Waals surface area contributed by atoms with Crippen molar-refractivity contribution in [2.45, 2.75) is 53.2 Å². The van der Waals surface area contributed by atoms with Crippen LogP contribution in [0.2, 0.25) is 0 Å². The zero-order valence-corrected chi connectivity index (χ0v) is 20.8. The number of nitrogens with zero attached hydrogens (tertiary/aromatic N) is 4. The van der Waals surface area contributed by atoms with Crippen LogP contribution >= 0.6 is 24.0 Å².